The van der Waals surface area contributed by atoms with Gasteiger partial charge in [-0.05, 0) is 13.0 Å². The molecule has 1 aliphatic rings. The molecule has 0 radical (unpaired) electrons. The van der Waals surface area contributed by atoms with Crippen LogP contribution in [0.15, 0.2) is 16.7 Å². The van der Waals surface area contributed by atoms with Crippen LogP contribution in [0.2, 0.25) is 0 Å². The molecule has 1 aromatic heterocycles. The highest BCUT2D eigenvalue weighted by molar-refractivity contribution is 5.94. The number of nitrogens with zero attached hydrogens (tertiary/aromatic N) is 1. The first-order valence-electron chi connectivity index (χ1n) is 5.73. The van der Waals surface area contributed by atoms with Gasteiger partial charge >= 0.3 is 5.97 Å². The molecule has 6 heteroatoms. The van der Waals surface area contributed by atoms with Gasteiger partial charge in [-0.2, -0.15) is 0 Å². The SMILES string of the molecule is Cc1cc(C(=O)N2CCOCC2CC(=O)O)co1. The van der Waals surface area contributed by atoms with Crippen LogP contribution >= 0.6 is 0 Å². The lowest BCUT2D eigenvalue weighted by atomic mass is 10.1. The summed E-state index contributed by atoms with van der Waals surface area (Å²) in [7, 11) is 0. The highest BCUT2D eigenvalue weighted by Crippen LogP contribution is 2.16. The maximum absolute atomic E-state index is 12.2. The number of rotatable bonds is 3. The second-order valence-electron chi connectivity index (χ2n) is 4.27. The van der Waals surface area contributed by atoms with Gasteiger partial charge in [0.1, 0.15) is 12.0 Å². The molecule has 1 fully saturated rings. The van der Waals surface area contributed by atoms with Crippen molar-refractivity contribution in [1.29, 1.82) is 0 Å². The largest absolute Gasteiger partial charge is 0.481 e. The van der Waals surface area contributed by atoms with Gasteiger partial charge in [-0.15, -0.1) is 0 Å². The van der Waals surface area contributed by atoms with Crippen molar-refractivity contribution < 1.29 is 23.8 Å². The van der Waals surface area contributed by atoms with Gasteiger partial charge in [0.25, 0.3) is 5.91 Å². The van der Waals surface area contributed by atoms with E-state index in [1.165, 1.54) is 6.26 Å². The average molecular weight is 253 g/mol. The van der Waals surface area contributed by atoms with Gasteiger partial charge in [0.2, 0.25) is 0 Å². The van der Waals surface area contributed by atoms with E-state index in [1.54, 1.807) is 17.9 Å². The van der Waals surface area contributed by atoms with Crippen LogP contribution in [0.25, 0.3) is 0 Å². The average Bonchev–Trinajstić information content (AvgIpc) is 2.75. The lowest BCUT2D eigenvalue weighted by Gasteiger charge is -2.34. The van der Waals surface area contributed by atoms with Gasteiger partial charge in [0.15, 0.2) is 0 Å². The smallest absolute Gasteiger partial charge is 0.305 e. The van der Waals surface area contributed by atoms with Crippen molar-refractivity contribution in [3.05, 3.63) is 23.7 Å². The second kappa shape index (κ2) is 5.22. The fraction of sp³-hybridized carbons (Fsp3) is 0.500. The number of carboxylic acids is 1. The van der Waals surface area contributed by atoms with Crippen LogP contribution < -0.4 is 0 Å². The van der Waals surface area contributed by atoms with E-state index in [0.29, 0.717) is 24.5 Å². The van der Waals surface area contributed by atoms with Gasteiger partial charge in [0.05, 0.1) is 31.2 Å². The number of carboxylic acid groups (broad SMARTS) is 1. The summed E-state index contributed by atoms with van der Waals surface area (Å²) in [5.41, 5.74) is 0.449. The van der Waals surface area contributed by atoms with Crippen molar-refractivity contribution in [2.45, 2.75) is 19.4 Å². The second-order valence-corrected chi connectivity index (χ2v) is 4.27. The van der Waals surface area contributed by atoms with Gasteiger partial charge in [-0.1, -0.05) is 0 Å². The van der Waals surface area contributed by atoms with Crippen molar-refractivity contribution in [3.63, 3.8) is 0 Å². The Kier molecular flexibility index (Phi) is 3.66. The monoisotopic (exact) mass is 253 g/mol. The molecule has 0 aromatic carbocycles. The highest BCUT2D eigenvalue weighted by atomic mass is 16.5. The molecule has 1 atom stereocenters. The Morgan fingerprint density at radius 1 is 1.56 bits per heavy atom. The summed E-state index contributed by atoms with van der Waals surface area (Å²) < 4.78 is 10.3. The number of hydrogen-bond acceptors (Lipinski definition) is 4. The third-order valence-electron chi connectivity index (χ3n) is 2.88. The molecule has 1 aliphatic heterocycles. The van der Waals surface area contributed by atoms with E-state index in [1.807, 2.05) is 0 Å². The van der Waals surface area contributed by atoms with E-state index in [9.17, 15) is 9.59 Å². The summed E-state index contributed by atoms with van der Waals surface area (Å²) in [4.78, 5) is 24.5. The Hall–Kier alpha value is -1.82. The first kappa shape index (κ1) is 12.6. The molecule has 0 bridgehead atoms. The summed E-state index contributed by atoms with van der Waals surface area (Å²) >= 11 is 0. The fourth-order valence-corrected chi connectivity index (χ4v) is 2.01. The topological polar surface area (TPSA) is 80.0 Å². The van der Waals surface area contributed by atoms with E-state index in [4.69, 9.17) is 14.3 Å². The molecule has 18 heavy (non-hydrogen) atoms. The summed E-state index contributed by atoms with van der Waals surface area (Å²) in [5, 5.41) is 8.83. The molecule has 1 aromatic rings. The minimum absolute atomic E-state index is 0.109. The van der Waals surface area contributed by atoms with Crippen LogP contribution in [0.5, 0.6) is 0 Å². The summed E-state index contributed by atoms with van der Waals surface area (Å²) in [6, 6.07) is 1.23. The first-order valence-corrected chi connectivity index (χ1v) is 5.73. The maximum atomic E-state index is 12.2. The quantitative estimate of drug-likeness (QED) is 0.865. The Balaban J connectivity index is 2.13. The number of hydrogen-bond donors (Lipinski definition) is 1. The van der Waals surface area contributed by atoms with E-state index in [-0.39, 0.29) is 18.9 Å². The number of carbonyl (C=O) groups excluding carboxylic acids is 1. The fourth-order valence-electron chi connectivity index (χ4n) is 2.01. The van der Waals surface area contributed by atoms with Crippen molar-refractivity contribution in [2.75, 3.05) is 19.8 Å². The third kappa shape index (κ3) is 2.70. The van der Waals surface area contributed by atoms with Crippen LogP contribution in [0.1, 0.15) is 22.5 Å². The van der Waals surface area contributed by atoms with E-state index >= 15 is 0 Å². The van der Waals surface area contributed by atoms with Crippen molar-refractivity contribution in [2.24, 2.45) is 0 Å². The van der Waals surface area contributed by atoms with Crippen molar-refractivity contribution in [1.82, 2.24) is 4.90 Å². The molecule has 1 N–H and O–H groups in total. The van der Waals surface area contributed by atoms with Gasteiger partial charge in [0, 0.05) is 6.54 Å². The summed E-state index contributed by atoms with van der Waals surface area (Å²) in [6.45, 7) is 2.85. The zero-order chi connectivity index (χ0) is 13.1. The van der Waals surface area contributed by atoms with E-state index in [0.717, 1.165) is 0 Å². The van der Waals surface area contributed by atoms with Crippen molar-refractivity contribution >= 4 is 11.9 Å². The normalized spacial score (nSPS) is 19.8. The van der Waals surface area contributed by atoms with Crippen LogP contribution in [-0.2, 0) is 9.53 Å². The molecular formula is C12H15NO5. The van der Waals surface area contributed by atoms with Gasteiger partial charge in [-0.3, -0.25) is 9.59 Å². The Morgan fingerprint density at radius 2 is 2.33 bits per heavy atom. The standard InChI is InChI=1S/C12H15NO5/c1-8-4-9(6-18-8)12(16)13-2-3-17-7-10(13)5-11(14)15/h4,6,10H,2-3,5,7H2,1H3,(H,14,15). The Bertz CT molecular complexity index is 453. The maximum Gasteiger partial charge on any atom is 0.305 e. The zero-order valence-electron chi connectivity index (χ0n) is 10.1. The van der Waals surface area contributed by atoms with Crippen LogP contribution in [-0.4, -0.2) is 47.7 Å². The van der Waals surface area contributed by atoms with Gasteiger partial charge < -0.3 is 19.2 Å². The molecule has 0 saturated carbocycles. The van der Waals surface area contributed by atoms with Crippen molar-refractivity contribution in [3.8, 4) is 0 Å². The summed E-state index contributed by atoms with van der Waals surface area (Å²) in [5.74, 6) is -0.491. The molecule has 1 unspecified atom stereocenters. The molecule has 2 heterocycles. The molecule has 2 rings (SSSR count). The molecule has 98 valence electrons. The van der Waals surface area contributed by atoms with Crippen LogP contribution in [0.3, 0.4) is 0 Å². The third-order valence-corrected chi connectivity index (χ3v) is 2.88. The number of carbonyl (C=O) groups is 2. The number of aryl methyl sites for hydroxylation is 1. The minimum Gasteiger partial charge on any atom is -0.481 e. The Morgan fingerprint density at radius 3 is 2.94 bits per heavy atom. The lowest BCUT2D eigenvalue weighted by Crippen LogP contribution is -2.49. The first-order chi connectivity index (χ1) is 8.58. The minimum atomic E-state index is -0.938. The van der Waals surface area contributed by atoms with E-state index < -0.39 is 12.0 Å². The van der Waals surface area contributed by atoms with Gasteiger partial charge in [-0.25, -0.2) is 0 Å². The number of ether oxygens (including phenoxy) is 1. The molecule has 6 nitrogen and oxygen atoms in total. The number of amides is 1. The number of furan rings is 1. The zero-order valence-corrected chi connectivity index (χ0v) is 10.1. The number of morpholine rings is 1. The predicted octanol–water partition coefficient (Wildman–Crippen LogP) is 0.904. The predicted molar refractivity (Wildman–Crippen MR) is 61.3 cm³/mol. The Labute approximate surface area is 104 Å². The molecule has 0 aliphatic carbocycles. The van der Waals surface area contributed by atoms with E-state index in [2.05, 4.69) is 0 Å². The van der Waals surface area contributed by atoms with Crippen LogP contribution in [0.4, 0.5) is 0 Å². The molecule has 1 amide bonds. The molecule has 0 spiro atoms. The molecular weight excluding hydrogens is 238 g/mol. The number of aliphatic carboxylic acids is 1. The molecule has 1 saturated heterocycles. The highest BCUT2D eigenvalue weighted by Gasteiger charge is 2.30. The lowest BCUT2D eigenvalue weighted by molar-refractivity contribution is -0.139. The summed E-state index contributed by atoms with van der Waals surface area (Å²) in [6.07, 6.45) is 1.29. The van der Waals surface area contributed by atoms with Crippen LogP contribution in [0, 0.1) is 6.92 Å².